The van der Waals surface area contributed by atoms with Gasteiger partial charge in [0, 0.05) is 40.6 Å². The second-order valence-electron chi connectivity index (χ2n) is 5.75. The van der Waals surface area contributed by atoms with Crippen molar-refractivity contribution in [3.8, 4) is 17.1 Å². The molecular formula is C19H17ClN4O3S. The zero-order chi connectivity index (χ0) is 20.1. The average molecular weight is 417 g/mol. The van der Waals surface area contributed by atoms with Gasteiger partial charge >= 0.3 is 0 Å². The lowest BCUT2D eigenvalue weighted by molar-refractivity contribution is -0.384. The largest absolute Gasteiger partial charge is 0.496 e. The van der Waals surface area contributed by atoms with E-state index in [9.17, 15) is 10.1 Å². The van der Waals surface area contributed by atoms with E-state index in [0.29, 0.717) is 39.6 Å². The summed E-state index contributed by atoms with van der Waals surface area (Å²) in [6, 6.07) is 11.9. The van der Waals surface area contributed by atoms with E-state index in [2.05, 4.69) is 16.8 Å². The molecule has 0 amide bonds. The molecule has 1 heterocycles. The molecule has 0 N–H and O–H groups in total. The minimum atomic E-state index is -0.424. The van der Waals surface area contributed by atoms with E-state index in [0.717, 1.165) is 5.56 Å². The van der Waals surface area contributed by atoms with Gasteiger partial charge in [-0.25, -0.2) is 0 Å². The van der Waals surface area contributed by atoms with Crippen molar-refractivity contribution < 1.29 is 9.66 Å². The van der Waals surface area contributed by atoms with Crippen molar-refractivity contribution in [1.29, 1.82) is 0 Å². The fraction of sp³-hybridized carbons (Fsp3) is 0.158. The Balaban J connectivity index is 1.89. The van der Waals surface area contributed by atoms with Gasteiger partial charge in [-0.15, -0.1) is 16.8 Å². The van der Waals surface area contributed by atoms with Crippen molar-refractivity contribution in [3.63, 3.8) is 0 Å². The monoisotopic (exact) mass is 416 g/mol. The summed E-state index contributed by atoms with van der Waals surface area (Å²) in [4.78, 5) is 10.6. The first-order valence-electron chi connectivity index (χ1n) is 8.27. The number of hydrogen-bond acceptors (Lipinski definition) is 6. The SMILES string of the molecule is C=CCn1c(SCc2cc([N+](=O)[O-])ccc2OC)nnc1-c1ccc(Cl)cc1. The van der Waals surface area contributed by atoms with E-state index >= 15 is 0 Å². The molecule has 0 saturated heterocycles. The number of nitrogens with zero attached hydrogens (tertiary/aromatic N) is 4. The topological polar surface area (TPSA) is 83.1 Å². The predicted octanol–water partition coefficient (Wildman–Crippen LogP) is 4.99. The van der Waals surface area contributed by atoms with E-state index in [1.165, 1.54) is 31.0 Å². The number of nitro benzene ring substituents is 1. The lowest BCUT2D eigenvalue weighted by Crippen LogP contribution is -2.01. The maximum absolute atomic E-state index is 11.1. The molecule has 0 spiro atoms. The normalized spacial score (nSPS) is 10.6. The maximum atomic E-state index is 11.1. The molecule has 0 bridgehead atoms. The van der Waals surface area contributed by atoms with Crippen LogP contribution in [0.2, 0.25) is 5.02 Å². The number of methoxy groups -OCH3 is 1. The van der Waals surface area contributed by atoms with Crippen LogP contribution in [0.15, 0.2) is 60.3 Å². The van der Waals surface area contributed by atoms with Crippen LogP contribution in [0.1, 0.15) is 5.56 Å². The Morgan fingerprint density at radius 3 is 2.68 bits per heavy atom. The minimum absolute atomic E-state index is 0.0193. The van der Waals surface area contributed by atoms with Gasteiger partial charge in [0.15, 0.2) is 11.0 Å². The number of non-ortho nitro benzene ring substituents is 1. The van der Waals surface area contributed by atoms with Crippen LogP contribution in [0.25, 0.3) is 11.4 Å². The lowest BCUT2D eigenvalue weighted by atomic mass is 10.2. The van der Waals surface area contributed by atoms with Crippen molar-refractivity contribution in [3.05, 3.63) is 75.8 Å². The van der Waals surface area contributed by atoms with Crippen LogP contribution in [-0.4, -0.2) is 26.8 Å². The summed E-state index contributed by atoms with van der Waals surface area (Å²) in [7, 11) is 1.54. The number of aromatic nitrogens is 3. The number of halogens is 1. The average Bonchev–Trinajstić information content (AvgIpc) is 3.09. The Kier molecular flexibility index (Phi) is 6.33. The molecule has 1 aromatic heterocycles. The van der Waals surface area contributed by atoms with E-state index in [-0.39, 0.29) is 5.69 Å². The molecule has 0 saturated carbocycles. The number of hydrogen-bond donors (Lipinski definition) is 0. The van der Waals surface area contributed by atoms with Crippen LogP contribution in [0.4, 0.5) is 5.69 Å². The van der Waals surface area contributed by atoms with Gasteiger partial charge in [-0.2, -0.15) is 0 Å². The highest BCUT2D eigenvalue weighted by molar-refractivity contribution is 7.98. The molecule has 2 aromatic carbocycles. The Hall–Kier alpha value is -2.84. The fourth-order valence-corrected chi connectivity index (χ4v) is 3.69. The number of rotatable bonds is 8. The molecule has 144 valence electrons. The number of allylic oxidation sites excluding steroid dienone is 1. The Morgan fingerprint density at radius 1 is 1.29 bits per heavy atom. The van der Waals surface area contributed by atoms with E-state index in [1.54, 1.807) is 24.3 Å². The zero-order valence-electron chi connectivity index (χ0n) is 15.0. The highest BCUT2D eigenvalue weighted by Crippen LogP contribution is 2.32. The molecule has 0 radical (unpaired) electrons. The molecule has 0 fully saturated rings. The molecule has 28 heavy (non-hydrogen) atoms. The van der Waals surface area contributed by atoms with Crippen LogP contribution in [0.5, 0.6) is 5.75 Å². The molecule has 0 atom stereocenters. The number of thioether (sulfide) groups is 1. The Labute approximate surface area is 171 Å². The van der Waals surface area contributed by atoms with E-state index < -0.39 is 4.92 Å². The summed E-state index contributed by atoms with van der Waals surface area (Å²) in [5.74, 6) is 1.73. The van der Waals surface area contributed by atoms with Gasteiger partial charge < -0.3 is 4.74 Å². The molecule has 3 aromatic rings. The molecular weight excluding hydrogens is 400 g/mol. The van der Waals surface area contributed by atoms with Gasteiger partial charge in [0.25, 0.3) is 5.69 Å². The highest BCUT2D eigenvalue weighted by Gasteiger charge is 2.16. The molecule has 0 aliphatic heterocycles. The van der Waals surface area contributed by atoms with Crippen LogP contribution in [0, 0.1) is 10.1 Å². The van der Waals surface area contributed by atoms with Gasteiger partial charge in [0.05, 0.1) is 12.0 Å². The Bertz CT molecular complexity index is 1000. The summed E-state index contributed by atoms with van der Waals surface area (Å²) in [6.07, 6.45) is 1.76. The molecule has 7 nitrogen and oxygen atoms in total. The summed E-state index contributed by atoms with van der Waals surface area (Å²) >= 11 is 7.39. The first-order chi connectivity index (χ1) is 13.5. The van der Waals surface area contributed by atoms with E-state index in [1.807, 2.05) is 16.7 Å². The maximum Gasteiger partial charge on any atom is 0.270 e. The van der Waals surface area contributed by atoms with E-state index in [4.69, 9.17) is 16.3 Å². The van der Waals surface area contributed by atoms with Crippen LogP contribution in [-0.2, 0) is 12.3 Å². The molecule has 0 aliphatic carbocycles. The predicted molar refractivity (Wildman–Crippen MR) is 110 cm³/mol. The molecule has 9 heteroatoms. The van der Waals surface area contributed by atoms with Gasteiger partial charge in [-0.1, -0.05) is 29.4 Å². The van der Waals surface area contributed by atoms with Crippen LogP contribution < -0.4 is 4.74 Å². The summed E-state index contributed by atoms with van der Waals surface area (Å²) < 4.78 is 7.26. The standard InChI is InChI=1S/C19H17ClN4O3S/c1-3-10-23-18(13-4-6-15(20)7-5-13)21-22-19(23)28-12-14-11-16(24(25)26)8-9-17(14)27-2/h3-9,11H,1,10,12H2,2H3. The minimum Gasteiger partial charge on any atom is -0.496 e. The van der Waals surface area contributed by atoms with Crippen molar-refractivity contribution in [2.75, 3.05) is 7.11 Å². The van der Waals surface area contributed by atoms with Gasteiger partial charge in [0.2, 0.25) is 0 Å². The summed E-state index contributed by atoms with van der Waals surface area (Å²) in [5, 5.41) is 21.0. The first kappa shape index (κ1) is 19.9. The molecule has 0 unspecified atom stereocenters. The molecule has 0 aliphatic rings. The fourth-order valence-electron chi connectivity index (χ4n) is 2.64. The van der Waals surface area contributed by atoms with Gasteiger partial charge in [-0.05, 0) is 30.3 Å². The van der Waals surface area contributed by atoms with Gasteiger partial charge in [-0.3, -0.25) is 14.7 Å². The molecule has 3 rings (SSSR count). The lowest BCUT2D eigenvalue weighted by Gasteiger charge is -2.10. The quantitative estimate of drug-likeness (QED) is 0.222. The van der Waals surface area contributed by atoms with Gasteiger partial charge in [0.1, 0.15) is 5.75 Å². The third-order valence-electron chi connectivity index (χ3n) is 3.96. The van der Waals surface area contributed by atoms with Crippen LogP contribution >= 0.6 is 23.4 Å². The summed E-state index contributed by atoms with van der Waals surface area (Å²) in [6.45, 7) is 4.33. The first-order valence-corrected chi connectivity index (χ1v) is 9.64. The third-order valence-corrected chi connectivity index (χ3v) is 5.23. The van der Waals surface area contributed by atoms with Crippen molar-refractivity contribution >= 4 is 29.1 Å². The highest BCUT2D eigenvalue weighted by atomic mass is 35.5. The second-order valence-corrected chi connectivity index (χ2v) is 7.13. The smallest absolute Gasteiger partial charge is 0.270 e. The summed E-state index contributed by atoms with van der Waals surface area (Å²) in [5.41, 5.74) is 1.62. The van der Waals surface area contributed by atoms with Crippen molar-refractivity contribution in [2.45, 2.75) is 17.5 Å². The third kappa shape index (κ3) is 4.35. The van der Waals surface area contributed by atoms with Crippen molar-refractivity contribution in [2.24, 2.45) is 0 Å². The Morgan fingerprint density at radius 2 is 2.04 bits per heavy atom. The van der Waals surface area contributed by atoms with Crippen molar-refractivity contribution in [1.82, 2.24) is 14.8 Å². The second kappa shape index (κ2) is 8.90. The van der Waals surface area contributed by atoms with Crippen LogP contribution in [0.3, 0.4) is 0 Å². The number of ether oxygens (including phenoxy) is 1. The number of nitro groups is 1. The zero-order valence-corrected chi connectivity index (χ0v) is 16.6. The number of benzene rings is 2.